The minimum absolute atomic E-state index is 0.201. The van der Waals surface area contributed by atoms with Gasteiger partial charge >= 0.3 is 0 Å². The second-order valence-electron chi connectivity index (χ2n) is 5.30. The van der Waals surface area contributed by atoms with Crippen molar-refractivity contribution < 1.29 is 9.00 Å². The molecule has 0 radical (unpaired) electrons. The summed E-state index contributed by atoms with van der Waals surface area (Å²) in [5.74, 6) is 0.865. The molecule has 0 aliphatic rings. The number of rotatable bonds is 7. The van der Waals surface area contributed by atoms with Gasteiger partial charge in [0.15, 0.2) is 0 Å². The smallest absolute Gasteiger partial charge is 0.239 e. The molecule has 4 nitrogen and oxygen atoms in total. The van der Waals surface area contributed by atoms with Crippen molar-refractivity contribution in [2.45, 2.75) is 39.0 Å². The van der Waals surface area contributed by atoms with Crippen molar-refractivity contribution in [3.8, 4) is 0 Å². The fraction of sp³-hybridized carbons (Fsp3) is 0.533. The van der Waals surface area contributed by atoms with Crippen molar-refractivity contribution in [3.63, 3.8) is 0 Å². The second kappa shape index (κ2) is 8.17. The molecule has 2 atom stereocenters. The summed E-state index contributed by atoms with van der Waals surface area (Å²) in [6.07, 6.45) is 0.870. The predicted octanol–water partition coefficient (Wildman–Crippen LogP) is 2.27. The molecule has 1 rings (SSSR count). The summed E-state index contributed by atoms with van der Waals surface area (Å²) >= 11 is 0. The van der Waals surface area contributed by atoms with Gasteiger partial charge in [-0.25, -0.2) is 0 Å². The quantitative estimate of drug-likeness (QED) is 0.810. The Labute approximate surface area is 123 Å². The number of anilines is 1. The van der Waals surface area contributed by atoms with Crippen LogP contribution >= 0.6 is 0 Å². The van der Waals surface area contributed by atoms with Gasteiger partial charge < -0.3 is 11.1 Å². The maximum atomic E-state index is 12.0. The predicted molar refractivity (Wildman–Crippen MR) is 84.9 cm³/mol. The molecule has 3 N–H and O–H groups in total. The molecule has 0 spiro atoms. The molecule has 1 aromatic rings. The second-order valence-corrected chi connectivity index (χ2v) is 7.18. The topological polar surface area (TPSA) is 72.2 Å². The first-order valence-electron chi connectivity index (χ1n) is 6.91. The van der Waals surface area contributed by atoms with E-state index >= 15 is 0 Å². The molecule has 2 unspecified atom stereocenters. The first-order chi connectivity index (χ1) is 9.43. The number of amides is 1. The Hall–Kier alpha value is -1.20. The highest BCUT2D eigenvalue weighted by Crippen LogP contribution is 2.11. The average Bonchev–Trinajstić information content (AvgIpc) is 2.44. The normalized spacial score (nSPS) is 14.1. The summed E-state index contributed by atoms with van der Waals surface area (Å²) < 4.78 is 12.0. The standard InChI is InChI=1S/C15H24N2O2S/c1-11(2)8-9-20(19)12(3)15(18)17-14-6-4-13(10-16)5-7-14/h4-7,11-12H,8-10,16H2,1-3H3,(H,17,18). The van der Waals surface area contributed by atoms with Gasteiger partial charge in [0.2, 0.25) is 5.91 Å². The summed E-state index contributed by atoms with van der Waals surface area (Å²) in [5.41, 5.74) is 7.24. The summed E-state index contributed by atoms with van der Waals surface area (Å²) in [7, 11) is -1.13. The number of hydrogen-bond acceptors (Lipinski definition) is 3. The first-order valence-corrected chi connectivity index (χ1v) is 8.29. The van der Waals surface area contributed by atoms with E-state index < -0.39 is 16.0 Å². The lowest BCUT2D eigenvalue weighted by Crippen LogP contribution is -2.30. The number of nitrogens with two attached hydrogens (primary N) is 1. The molecule has 0 heterocycles. The zero-order chi connectivity index (χ0) is 15.1. The molecule has 0 fully saturated rings. The van der Waals surface area contributed by atoms with Crippen molar-refractivity contribution in [2.75, 3.05) is 11.1 Å². The Balaban J connectivity index is 2.53. The third-order valence-corrected chi connectivity index (χ3v) is 4.76. The van der Waals surface area contributed by atoms with Crippen LogP contribution in [-0.4, -0.2) is 21.1 Å². The van der Waals surface area contributed by atoms with Crippen molar-refractivity contribution in [2.24, 2.45) is 11.7 Å². The summed E-state index contributed by atoms with van der Waals surface area (Å²) in [6, 6.07) is 7.36. The van der Waals surface area contributed by atoms with E-state index in [-0.39, 0.29) is 5.91 Å². The van der Waals surface area contributed by atoms with E-state index in [0.717, 1.165) is 12.0 Å². The van der Waals surface area contributed by atoms with Crippen molar-refractivity contribution in [1.82, 2.24) is 0 Å². The van der Waals surface area contributed by atoms with Crippen LogP contribution in [0.2, 0.25) is 0 Å². The molecule has 1 aromatic carbocycles. The fourth-order valence-corrected chi connectivity index (χ4v) is 2.97. The molecule has 0 bridgehead atoms. The van der Waals surface area contributed by atoms with Crippen LogP contribution in [0.3, 0.4) is 0 Å². The highest BCUT2D eigenvalue weighted by Gasteiger charge is 2.20. The Bertz CT molecular complexity index is 457. The molecule has 112 valence electrons. The van der Waals surface area contributed by atoms with E-state index in [0.29, 0.717) is 23.9 Å². The number of nitrogens with one attached hydrogen (secondary N) is 1. The Kier molecular flexibility index (Phi) is 6.88. The van der Waals surface area contributed by atoms with Gasteiger partial charge in [-0.15, -0.1) is 0 Å². The molecular formula is C15H24N2O2S. The van der Waals surface area contributed by atoms with Gasteiger partial charge in [0.25, 0.3) is 0 Å². The zero-order valence-corrected chi connectivity index (χ0v) is 13.2. The van der Waals surface area contributed by atoms with Gasteiger partial charge in [-0.05, 0) is 37.0 Å². The third-order valence-electron chi connectivity index (χ3n) is 3.12. The highest BCUT2D eigenvalue weighted by atomic mass is 32.2. The molecule has 0 saturated heterocycles. The van der Waals surface area contributed by atoms with Crippen LogP contribution in [0, 0.1) is 5.92 Å². The van der Waals surface area contributed by atoms with Gasteiger partial charge in [0.05, 0.1) is 0 Å². The molecule has 0 aromatic heterocycles. The Morgan fingerprint density at radius 1 is 1.25 bits per heavy atom. The third kappa shape index (κ3) is 5.43. The van der Waals surface area contributed by atoms with Crippen LogP contribution in [0.25, 0.3) is 0 Å². The number of hydrogen-bond donors (Lipinski definition) is 2. The lowest BCUT2D eigenvalue weighted by Gasteiger charge is -2.13. The fourth-order valence-electron chi connectivity index (χ4n) is 1.62. The molecular weight excluding hydrogens is 272 g/mol. The van der Waals surface area contributed by atoms with E-state index in [1.54, 1.807) is 6.92 Å². The number of benzene rings is 1. The molecule has 0 saturated carbocycles. The van der Waals surface area contributed by atoms with Crippen LogP contribution in [0.1, 0.15) is 32.8 Å². The zero-order valence-electron chi connectivity index (χ0n) is 12.4. The van der Waals surface area contributed by atoms with Crippen LogP contribution in [0.4, 0.5) is 5.69 Å². The van der Waals surface area contributed by atoms with Gasteiger partial charge in [0.1, 0.15) is 5.25 Å². The van der Waals surface area contributed by atoms with Gasteiger partial charge in [-0.3, -0.25) is 9.00 Å². The molecule has 5 heteroatoms. The molecule has 0 aliphatic heterocycles. The monoisotopic (exact) mass is 296 g/mol. The van der Waals surface area contributed by atoms with Crippen molar-refractivity contribution in [1.29, 1.82) is 0 Å². The lowest BCUT2D eigenvalue weighted by molar-refractivity contribution is -0.115. The van der Waals surface area contributed by atoms with Crippen molar-refractivity contribution in [3.05, 3.63) is 29.8 Å². The van der Waals surface area contributed by atoms with Gasteiger partial charge in [0, 0.05) is 28.8 Å². The van der Waals surface area contributed by atoms with E-state index in [2.05, 4.69) is 19.2 Å². The molecule has 1 amide bonds. The van der Waals surface area contributed by atoms with Crippen LogP contribution < -0.4 is 11.1 Å². The maximum absolute atomic E-state index is 12.0. The highest BCUT2D eigenvalue weighted by molar-refractivity contribution is 7.86. The minimum Gasteiger partial charge on any atom is -0.326 e. The van der Waals surface area contributed by atoms with E-state index in [9.17, 15) is 9.00 Å². The summed E-state index contributed by atoms with van der Waals surface area (Å²) in [5, 5.41) is 2.29. The Morgan fingerprint density at radius 3 is 2.35 bits per heavy atom. The van der Waals surface area contributed by atoms with Gasteiger partial charge in [-0.1, -0.05) is 26.0 Å². The average molecular weight is 296 g/mol. The first kappa shape index (κ1) is 16.9. The largest absolute Gasteiger partial charge is 0.326 e. The lowest BCUT2D eigenvalue weighted by atomic mass is 10.2. The summed E-state index contributed by atoms with van der Waals surface area (Å²) in [6.45, 7) is 6.35. The number of carbonyl (C=O) groups is 1. The minimum atomic E-state index is -1.13. The van der Waals surface area contributed by atoms with E-state index in [4.69, 9.17) is 5.73 Å². The van der Waals surface area contributed by atoms with Crippen molar-refractivity contribution >= 4 is 22.4 Å². The maximum Gasteiger partial charge on any atom is 0.239 e. The Morgan fingerprint density at radius 2 is 1.85 bits per heavy atom. The van der Waals surface area contributed by atoms with Gasteiger partial charge in [-0.2, -0.15) is 0 Å². The SMILES string of the molecule is CC(C)CCS(=O)C(C)C(=O)Nc1ccc(CN)cc1. The molecule has 0 aliphatic carbocycles. The van der Waals surface area contributed by atoms with E-state index in [1.807, 2.05) is 24.3 Å². The molecule has 20 heavy (non-hydrogen) atoms. The summed E-state index contributed by atoms with van der Waals surface area (Å²) in [4.78, 5) is 12.0. The van der Waals surface area contributed by atoms with Crippen LogP contribution in [0.5, 0.6) is 0 Å². The van der Waals surface area contributed by atoms with Crippen LogP contribution in [-0.2, 0) is 22.1 Å². The number of carbonyl (C=O) groups excluding carboxylic acids is 1. The van der Waals surface area contributed by atoms with Crippen LogP contribution in [0.15, 0.2) is 24.3 Å². The van der Waals surface area contributed by atoms with E-state index in [1.165, 1.54) is 0 Å².